The van der Waals surface area contributed by atoms with Gasteiger partial charge in [0.15, 0.2) is 0 Å². The third-order valence-electron chi connectivity index (χ3n) is 3.45. The number of hydrogen-bond acceptors (Lipinski definition) is 3. The molecule has 0 bridgehead atoms. The largest absolute Gasteiger partial charge is 0.491 e. The van der Waals surface area contributed by atoms with E-state index in [0.29, 0.717) is 11.4 Å². The topological polar surface area (TPSA) is 55.5 Å². The summed E-state index contributed by atoms with van der Waals surface area (Å²) in [6.07, 6.45) is -0.642. The molecule has 2 aromatic rings. The number of nitrogens with two attached hydrogens (primary N) is 1. The van der Waals surface area contributed by atoms with Crippen LogP contribution in [0.2, 0.25) is 0 Å². The Bertz CT molecular complexity index is 568. The summed E-state index contributed by atoms with van der Waals surface area (Å²) < 4.78 is 5.57. The Kier molecular flexibility index (Phi) is 4.53. The molecule has 3 heteroatoms. The van der Waals surface area contributed by atoms with E-state index in [0.717, 1.165) is 5.56 Å². The van der Waals surface area contributed by atoms with Crippen molar-refractivity contribution in [1.82, 2.24) is 0 Å². The van der Waals surface area contributed by atoms with E-state index in [9.17, 15) is 5.11 Å². The maximum absolute atomic E-state index is 10.2. The predicted octanol–water partition coefficient (Wildman–Crippen LogP) is 3.68. The number of rotatable bonds is 4. The van der Waals surface area contributed by atoms with Crippen LogP contribution in [0, 0.1) is 0 Å². The number of hydrogen-bond donors (Lipinski definition) is 2. The fourth-order valence-corrected chi connectivity index (χ4v) is 2.04. The van der Waals surface area contributed by atoms with E-state index in [1.807, 2.05) is 12.1 Å². The van der Waals surface area contributed by atoms with E-state index in [2.05, 4.69) is 32.9 Å². The highest BCUT2D eigenvalue weighted by Gasteiger charge is 2.14. The van der Waals surface area contributed by atoms with Crippen molar-refractivity contribution in [1.29, 1.82) is 0 Å². The second kappa shape index (κ2) is 6.19. The Morgan fingerprint density at radius 2 is 1.57 bits per heavy atom. The van der Waals surface area contributed by atoms with Crippen LogP contribution in [0.1, 0.15) is 38.0 Å². The zero-order chi connectivity index (χ0) is 15.5. The molecule has 0 fully saturated rings. The molecule has 0 saturated heterocycles. The second-order valence-electron chi connectivity index (χ2n) is 6.27. The van der Waals surface area contributed by atoms with Crippen LogP contribution >= 0.6 is 0 Å². The zero-order valence-electron chi connectivity index (χ0n) is 12.8. The van der Waals surface area contributed by atoms with E-state index >= 15 is 0 Å². The van der Waals surface area contributed by atoms with Gasteiger partial charge in [-0.05, 0) is 40.8 Å². The Morgan fingerprint density at radius 3 is 2.10 bits per heavy atom. The average molecular weight is 285 g/mol. The third kappa shape index (κ3) is 4.23. The van der Waals surface area contributed by atoms with Crippen molar-refractivity contribution in [3.63, 3.8) is 0 Å². The minimum absolute atomic E-state index is 0.115. The van der Waals surface area contributed by atoms with E-state index in [1.165, 1.54) is 5.56 Å². The number of nitrogen functional groups attached to an aromatic ring is 1. The molecule has 0 aromatic heterocycles. The number of anilines is 1. The molecular formula is C18H23NO2. The molecule has 0 saturated carbocycles. The van der Waals surface area contributed by atoms with Gasteiger partial charge >= 0.3 is 0 Å². The van der Waals surface area contributed by atoms with Crippen molar-refractivity contribution in [2.45, 2.75) is 32.3 Å². The summed E-state index contributed by atoms with van der Waals surface area (Å²) in [4.78, 5) is 0. The fourth-order valence-electron chi connectivity index (χ4n) is 2.04. The minimum atomic E-state index is -0.642. The molecule has 21 heavy (non-hydrogen) atoms. The Morgan fingerprint density at radius 1 is 1.00 bits per heavy atom. The first-order valence-electron chi connectivity index (χ1n) is 7.13. The molecule has 112 valence electrons. The van der Waals surface area contributed by atoms with Crippen LogP contribution in [-0.4, -0.2) is 11.7 Å². The highest BCUT2D eigenvalue weighted by molar-refractivity contribution is 5.41. The molecule has 2 aromatic carbocycles. The zero-order valence-corrected chi connectivity index (χ0v) is 12.8. The summed E-state index contributed by atoms with van der Waals surface area (Å²) in [6, 6.07) is 15.2. The molecule has 0 amide bonds. The van der Waals surface area contributed by atoms with Crippen molar-refractivity contribution in [3.8, 4) is 5.75 Å². The molecule has 1 unspecified atom stereocenters. The van der Waals surface area contributed by atoms with Crippen molar-refractivity contribution in [2.75, 3.05) is 12.3 Å². The van der Waals surface area contributed by atoms with Crippen LogP contribution < -0.4 is 10.5 Å². The summed E-state index contributed by atoms with van der Waals surface area (Å²) in [5.41, 5.74) is 8.54. The van der Waals surface area contributed by atoms with Crippen LogP contribution in [0.25, 0.3) is 0 Å². The molecule has 0 spiro atoms. The molecular weight excluding hydrogens is 262 g/mol. The second-order valence-corrected chi connectivity index (χ2v) is 6.27. The van der Waals surface area contributed by atoms with Gasteiger partial charge in [-0.1, -0.05) is 45.0 Å². The van der Waals surface area contributed by atoms with E-state index in [4.69, 9.17) is 10.5 Å². The minimum Gasteiger partial charge on any atom is -0.491 e. The normalized spacial score (nSPS) is 13.0. The Hall–Kier alpha value is -2.00. The van der Waals surface area contributed by atoms with Crippen molar-refractivity contribution in [2.24, 2.45) is 0 Å². The lowest BCUT2D eigenvalue weighted by atomic mass is 9.86. The van der Waals surface area contributed by atoms with Crippen LogP contribution in [0.3, 0.4) is 0 Å². The summed E-state index contributed by atoms with van der Waals surface area (Å²) in [7, 11) is 0. The van der Waals surface area contributed by atoms with Gasteiger partial charge in [0, 0.05) is 5.69 Å². The van der Waals surface area contributed by atoms with Crippen LogP contribution in [0.5, 0.6) is 5.75 Å². The van der Waals surface area contributed by atoms with Gasteiger partial charge in [0.1, 0.15) is 18.5 Å². The average Bonchev–Trinajstić information content (AvgIpc) is 2.45. The van der Waals surface area contributed by atoms with Crippen LogP contribution in [0.4, 0.5) is 5.69 Å². The third-order valence-corrected chi connectivity index (χ3v) is 3.45. The highest BCUT2D eigenvalue weighted by Crippen LogP contribution is 2.24. The van der Waals surface area contributed by atoms with Gasteiger partial charge in [-0.2, -0.15) is 0 Å². The summed E-state index contributed by atoms with van der Waals surface area (Å²) >= 11 is 0. The SMILES string of the molecule is CC(C)(C)c1ccc(C(O)COc2ccc(N)cc2)cc1. The van der Waals surface area contributed by atoms with Gasteiger partial charge < -0.3 is 15.6 Å². The standard InChI is InChI=1S/C18H23NO2/c1-18(2,3)14-6-4-13(5-7-14)17(20)12-21-16-10-8-15(19)9-11-16/h4-11,17,20H,12,19H2,1-3H3. The van der Waals surface area contributed by atoms with Gasteiger partial charge in [-0.25, -0.2) is 0 Å². The number of aliphatic hydroxyl groups excluding tert-OH is 1. The Balaban J connectivity index is 1.97. The summed E-state index contributed by atoms with van der Waals surface area (Å²) in [5.74, 6) is 0.703. The van der Waals surface area contributed by atoms with Crippen LogP contribution in [0.15, 0.2) is 48.5 Å². The van der Waals surface area contributed by atoms with Gasteiger partial charge in [0.2, 0.25) is 0 Å². The lowest BCUT2D eigenvalue weighted by molar-refractivity contribution is 0.108. The van der Waals surface area contributed by atoms with E-state index in [1.54, 1.807) is 24.3 Å². The van der Waals surface area contributed by atoms with Gasteiger partial charge in [0.25, 0.3) is 0 Å². The highest BCUT2D eigenvalue weighted by atomic mass is 16.5. The number of aliphatic hydroxyl groups is 1. The van der Waals surface area contributed by atoms with Gasteiger partial charge in [-0.3, -0.25) is 0 Å². The van der Waals surface area contributed by atoms with Gasteiger partial charge in [-0.15, -0.1) is 0 Å². The molecule has 0 radical (unpaired) electrons. The van der Waals surface area contributed by atoms with Crippen molar-refractivity contribution in [3.05, 3.63) is 59.7 Å². The molecule has 1 atom stereocenters. The summed E-state index contributed by atoms with van der Waals surface area (Å²) in [5, 5.41) is 10.2. The summed E-state index contributed by atoms with van der Waals surface area (Å²) in [6.45, 7) is 6.73. The fraction of sp³-hybridized carbons (Fsp3) is 0.333. The van der Waals surface area contributed by atoms with E-state index < -0.39 is 6.10 Å². The molecule has 0 aliphatic heterocycles. The smallest absolute Gasteiger partial charge is 0.119 e. The quantitative estimate of drug-likeness (QED) is 0.843. The first kappa shape index (κ1) is 15.4. The lowest BCUT2D eigenvalue weighted by Crippen LogP contribution is -2.13. The first-order chi connectivity index (χ1) is 9.86. The molecule has 0 aliphatic rings. The molecule has 0 heterocycles. The number of benzene rings is 2. The predicted molar refractivity (Wildman–Crippen MR) is 86.5 cm³/mol. The van der Waals surface area contributed by atoms with Crippen molar-refractivity contribution >= 4 is 5.69 Å². The van der Waals surface area contributed by atoms with Crippen LogP contribution in [-0.2, 0) is 5.41 Å². The monoisotopic (exact) mass is 285 g/mol. The van der Waals surface area contributed by atoms with Crippen molar-refractivity contribution < 1.29 is 9.84 Å². The first-order valence-corrected chi connectivity index (χ1v) is 7.13. The Labute approximate surface area is 126 Å². The molecule has 3 nitrogen and oxygen atoms in total. The molecule has 0 aliphatic carbocycles. The molecule has 2 rings (SSSR count). The molecule has 3 N–H and O–H groups in total. The maximum Gasteiger partial charge on any atom is 0.119 e. The maximum atomic E-state index is 10.2. The lowest BCUT2D eigenvalue weighted by Gasteiger charge is -2.20. The number of ether oxygens (including phenoxy) is 1. The van der Waals surface area contributed by atoms with E-state index in [-0.39, 0.29) is 12.0 Å². The van der Waals surface area contributed by atoms with Gasteiger partial charge in [0.05, 0.1) is 0 Å².